The van der Waals surface area contributed by atoms with Gasteiger partial charge < -0.3 is 15.4 Å². The largest absolute Gasteiger partial charge is 0.381 e. The number of ether oxygens (including phenoxy) is 1. The van der Waals surface area contributed by atoms with Crippen LogP contribution in [0.25, 0.3) is 0 Å². The van der Waals surface area contributed by atoms with Crippen LogP contribution in [0.4, 0.5) is 5.69 Å². The molecule has 0 saturated carbocycles. The standard InChI is InChI=1S/C18H27N3O2.2ClH/c1-14(22)20-17-4-2-15(3-5-17)18(16-6-12-23-13-7-16)21-10-8-19-9-11-21;;/h2-5,16,18-19H,6-13H2,1H3,(H,20,22);2*1H/t18-;;/m1../s1. The summed E-state index contributed by atoms with van der Waals surface area (Å²) >= 11 is 0. The van der Waals surface area contributed by atoms with Crippen molar-refractivity contribution in [2.75, 3.05) is 44.7 Å². The van der Waals surface area contributed by atoms with Gasteiger partial charge in [-0.2, -0.15) is 0 Å². The van der Waals surface area contributed by atoms with Crippen LogP contribution >= 0.6 is 24.8 Å². The van der Waals surface area contributed by atoms with Crippen LogP contribution in [0.1, 0.15) is 31.4 Å². The Bertz CT molecular complexity index is 498. The molecule has 0 unspecified atom stereocenters. The van der Waals surface area contributed by atoms with Crippen LogP contribution in [0, 0.1) is 5.92 Å². The number of hydrogen-bond acceptors (Lipinski definition) is 4. The molecule has 2 heterocycles. The van der Waals surface area contributed by atoms with E-state index in [9.17, 15) is 4.79 Å². The minimum absolute atomic E-state index is 0. The first-order valence-electron chi connectivity index (χ1n) is 8.64. The lowest BCUT2D eigenvalue weighted by Crippen LogP contribution is -2.47. The van der Waals surface area contributed by atoms with E-state index < -0.39 is 0 Å². The van der Waals surface area contributed by atoms with Crippen molar-refractivity contribution >= 4 is 36.4 Å². The molecule has 0 radical (unpaired) electrons. The minimum Gasteiger partial charge on any atom is -0.381 e. The molecule has 1 amide bonds. The number of rotatable bonds is 4. The summed E-state index contributed by atoms with van der Waals surface area (Å²) in [5.74, 6) is 0.620. The minimum atomic E-state index is -0.0270. The Labute approximate surface area is 162 Å². The molecule has 7 heteroatoms. The van der Waals surface area contributed by atoms with E-state index in [1.165, 1.54) is 5.56 Å². The van der Waals surface area contributed by atoms with E-state index in [-0.39, 0.29) is 30.7 Å². The average Bonchev–Trinajstić information content (AvgIpc) is 2.58. The van der Waals surface area contributed by atoms with Crippen molar-refractivity contribution in [3.05, 3.63) is 29.8 Å². The number of nitrogens with zero attached hydrogens (tertiary/aromatic N) is 1. The van der Waals surface area contributed by atoms with Crippen molar-refractivity contribution in [2.45, 2.75) is 25.8 Å². The smallest absolute Gasteiger partial charge is 0.221 e. The van der Waals surface area contributed by atoms with Gasteiger partial charge in [-0.05, 0) is 36.5 Å². The first-order chi connectivity index (χ1) is 11.2. The van der Waals surface area contributed by atoms with Crippen LogP contribution in [0.2, 0.25) is 0 Å². The van der Waals surface area contributed by atoms with Crippen LogP contribution in [-0.2, 0) is 9.53 Å². The molecule has 2 saturated heterocycles. The third-order valence-corrected chi connectivity index (χ3v) is 4.83. The van der Waals surface area contributed by atoms with E-state index in [2.05, 4.69) is 27.7 Å². The lowest BCUT2D eigenvalue weighted by atomic mass is 9.85. The second-order valence-electron chi connectivity index (χ2n) is 6.48. The number of amides is 1. The predicted molar refractivity (Wildman–Crippen MR) is 106 cm³/mol. The highest BCUT2D eigenvalue weighted by Gasteiger charge is 2.31. The molecule has 3 rings (SSSR count). The van der Waals surface area contributed by atoms with Crippen molar-refractivity contribution in [3.8, 4) is 0 Å². The third-order valence-electron chi connectivity index (χ3n) is 4.83. The first kappa shape index (κ1) is 22.2. The number of halogens is 2. The highest BCUT2D eigenvalue weighted by molar-refractivity contribution is 5.88. The van der Waals surface area contributed by atoms with E-state index in [1.54, 1.807) is 6.92 Å². The highest BCUT2D eigenvalue weighted by atomic mass is 35.5. The van der Waals surface area contributed by atoms with Crippen LogP contribution in [0.15, 0.2) is 24.3 Å². The van der Waals surface area contributed by atoms with Gasteiger partial charge in [0.1, 0.15) is 0 Å². The molecular weight excluding hydrogens is 361 g/mol. The van der Waals surface area contributed by atoms with Gasteiger partial charge in [-0.25, -0.2) is 0 Å². The normalized spacial score (nSPS) is 20.0. The van der Waals surface area contributed by atoms with Crippen LogP contribution in [0.3, 0.4) is 0 Å². The maximum Gasteiger partial charge on any atom is 0.221 e. The zero-order valence-electron chi connectivity index (χ0n) is 14.7. The van der Waals surface area contributed by atoms with Gasteiger partial charge in [-0.15, -0.1) is 24.8 Å². The Balaban J connectivity index is 0.00000156. The van der Waals surface area contributed by atoms with Crippen molar-refractivity contribution < 1.29 is 9.53 Å². The van der Waals surface area contributed by atoms with Crippen LogP contribution < -0.4 is 10.6 Å². The summed E-state index contributed by atoms with van der Waals surface area (Å²) in [4.78, 5) is 13.8. The van der Waals surface area contributed by atoms with Gasteiger partial charge in [0.15, 0.2) is 0 Å². The molecule has 1 aromatic rings. The number of carbonyl (C=O) groups excluding carboxylic acids is 1. The summed E-state index contributed by atoms with van der Waals surface area (Å²) in [6.45, 7) is 7.59. The van der Waals surface area contributed by atoms with Crippen molar-refractivity contribution in [1.82, 2.24) is 10.2 Å². The molecule has 5 nitrogen and oxygen atoms in total. The van der Waals surface area contributed by atoms with Crippen molar-refractivity contribution in [2.24, 2.45) is 5.92 Å². The first-order valence-corrected chi connectivity index (χ1v) is 8.64. The number of anilines is 1. The fourth-order valence-corrected chi connectivity index (χ4v) is 3.74. The fourth-order valence-electron chi connectivity index (χ4n) is 3.74. The van der Waals surface area contributed by atoms with Gasteiger partial charge in [-0.3, -0.25) is 9.69 Å². The fraction of sp³-hybridized carbons (Fsp3) is 0.611. The van der Waals surface area contributed by atoms with Gasteiger partial charge in [-0.1, -0.05) is 12.1 Å². The maximum atomic E-state index is 11.2. The third kappa shape index (κ3) is 6.12. The summed E-state index contributed by atoms with van der Waals surface area (Å²) in [5, 5.41) is 6.29. The quantitative estimate of drug-likeness (QED) is 0.830. The van der Waals surface area contributed by atoms with Gasteiger partial charge in [0.25, 0.3) is 0 Å². The zero-order chi connectivity index (χ0) is 16.1. The number of benzene rings is 1. The SMILES string of the molecule is CC(=O)Nc1ccc([C@H](C2CCOCC2)N2CCNCC2)cc1.Cl.Cl. The summed E-state index contributed by atoms with van der Waals surface area (Å²) in [6, 6.07) is 8.84. The van der Waals surface area contributed by atoms with E-state index in [0.717, 1.165) is 57.9 Å². The monoisotopic (exact) mass is 389 g/mol. The number of piperazine rings is 1. The molecule has 2 fully saturated rings. The molecule has 1 atom stereocenters. The van der Waals surface area contributed by atoms with Crippen molar-refractivity contribution in [1.29, 1.82) is 0 Å². The summed E-state index contributed by atoms with van der Waals surface area (Å²) < 4.78 is 5.56. The Hall–Kier alpha value is -0.850. The molecule has 0 spiro atoms. The summed E-state index contributed by atoms with van der Waals surface area (Å²) in [5.41, 5.74) is 2.22. The Morgan fingerprint density at radius 3 is 2.32 bits per heavy atom. The Morgan fingerprint density at radius 2 is 1.76 bits per heavy atom. The number of carbonyl (C=O) groups is 1. The number of nitrogens with one attached hydrogen (secondary N) is 2. The predicted octanol–water partition coefficient (Wildman–Crippen LogP) is 2.86. The lowest BCUT2D eigenvalue weighted by Gasteiger charge is -2.41. The van der Waals surface area contributed by atoms with E-state index in [1.807, 2.05) is 12.1 Å². The molecule has 2 aliphatic heterocycles. The van der Waals surface area contributed by atoms with Gasteiger partial charge >= 0.3 is 0 Å². The maximum absolute atomic E-state index is 11.2. The van der Waals surface area contributed by atoms with Gasteiger partial charge in [0, 0.05) is 58.0 Å². The zero-order valence-corrected chi connectivity index (χ0v) is 16.3. The van der Waals surface area contributed by atoms with Crippen LogP contribution in [0.5, 0.6) is 0 Å². The molecule has 142 valence electrons. The van der Waals surface area contributed by atoms with E-state index in [4.69, 9.17) is 4.74 Å². The second-order valence-corrected chi connectivity index (χ2v) is 6.48. The molecule has 2 aliphatic rings. The Kier molecular flexibility index (Phi) is 9.75. The average molecular weight is 390 g/mol. The van der Waals surface area contributed by atoms with E-state index in [0.29, 0.717) is 12.0 Å². The molecule has 1 aromatic carbocycles. The van der Waals surface area contributed by atoms with Gasteiger partial charge in [0.2, 0.25) is 5.91 Å². The molecule has 0 bridgehead atoms. The summed E-state index contributed by atoms with van der Waals surface area (Å²) in [7, 11) is 0. The lowest BCUT2D eigenvalue weighted by molar-refractivity contribution is -0.114. The van der Waals surface area contributed by atoms with Crippen LogP contribution in [-0.4, -0.2) is 50.2 Å². The highest BCUT2D eigenvalue weighted by Crippen LogP contribution is 2.35. The summed E-state index contributed by atoms with van der Waals surface area (Å²) in [6.07, 6.45) is 2.25. The van der Waals surface area contributed by atoms with Gasteiger partial charge in [0.05, 0.1) is 0 Å². The second kappa shape index (κ2) is 11.0. The molecule has 25 heavy (non-hydrogen) atoms. The number of hydrogen-bond donors (Lipinski definition) is 2. The van der Waals surface area contributed by atoms with Crippen molar-refractivity contribution in [3.63, 3.8) is 0 Å². The Morgan fingerprint density at radius 1 is 1.16 bits per heavy atom. The molecule has 0 aliphatic carbocycles. The molecule has 2 N–H and O–H groups in total. The topological polar surface area (TPSA) is 53.6 Å². The molecule has 0 aromatic heterocycles. The molecular formula is C18H29Cl2N3O2. The van der Waals surface area contributed by atoms with E-state index >= 15 is 0 Å².